The van der Waals surface area contributed by atoms with E-state index in [9.17, 15) is 18.4 Å². The highest BCUT2D eigenvalue weighted by molar-refractivity contribution is 5.94. The summed E-state index contributed by atoms with van der Waals surface area (Å²) in [4.78, 5) is 23.6. The first-order valence-electron chi connectivity index (χ1n) is 8.23. The number of methoxy groups -OCH3 is 1. The number of carbonyl (C=O) groups excluding carboxylic acids is 2. The van der Waals surface area contributed by atoms with E-state index in [4.69, 9.17) is 4.42 Å². The van der Waals surface area contributed by atoms with Crippen LogP contribution >= 0.6 is 0 Å². The fourth-order valence-electron chi connectivity index (χ4n) is 2.40. The largest absolute Gasteiger partial charge is 0.465 e. The molecule has 0 unspecified atom stereocenters. The van der Waals surface area contributed by atoms with Gasteiger partial charge in [0.1, 0.15) is 11.6 Å². The molecule has 28 heavy (non-hydrogen) atoms. The van der Waals surface area contributed by atoms with Gasteiger partial charge in [0.25, 0.3) is 0 Å². The second kappa shape index (κ2) is 8.38. The number of benzene rings is 2. The van der Waals surface area contributed by atoms with Gasteiger partial charge in [-0.05, 0) is 18.2 Å². The van der Waals surface area contributed by atoms with Gasteiger partial charge in [0, 0.05) is 24.5 Å². The van der Waals surface area contributed by atoms with Crippen molar-refractivity contribution in [1.29, 1.82) is 0 Å². The van der Waals surface area contributed by atoms with Crippen molar-refractivity contribution >= 4 is 17.6 Å². The van der Waals surface area contributed by atoms with E-state index in [0.717, 1.165) is 18.7 Å². The number of anilines is 1. The summed E-state index contributed by atoms with van der Waals surface area (Å²) in [6.07, 6.45) is 0.0408. The lowest BCUT2D eigenvalue weighted by Gasteiger charge is -2.08. The minimum absolute atomic E-state index is 0.0825. The molecule has 2 aromatic carbocycles. The standard InChI is InChI=1S/C19H15F2N3O4/c1-27-19(26)12-9-15(14(21)10-13(12)20)22-16(25)7-8-17-23-24-18(28-17)11-5-3-2-4-6-11/h2-6,9-10H,7-8H2,1H3,(H,22,25). The van der Waals surface area contributed by atoms with Crippen molar-refractivity contribution < 1.29 is 27.5 Å². The van der Waals surface area contributed by atoms with E-state index < -0.39 is 29.1 Å². The third-order valence-electron chi connectivity index (χ3n) is 3.79. The van der Waals surface area contributed by atoms with Gasteiger partial charge in [-0.15, -0.1) is 10.2 Å². The number of halogens is 2. The Bertz CT molecular complexity index is 1010. The second-order valence-electron chi connectivity index (χ2n) is 5.72. The predicted octanol–water partition coefficient (Wildman–Crippen LogP) is 3.37. The van der Waals surface area contributed by atoms with Crippen molar-refractivity contribution in [2.45, 2.75) is 12.8 Å². The zero-order chi connectivity index (χ0) is 20.1. The van der Waals surface area contributed by atoms with Crippen LogP contribution in [0, 0.1) is 11.6 Å². The highest BCUT2D eigenvalue weighted by Gasteiger charge is 2.18. The molecule has 0 fully saturated rings. The zero-order valence-electron chi connectivity index (χ0n) is 14.7. The maximum Gasteiger partial charge on any atom is 0.340 e. The van der Waals surface area contributed by atoms with E-state index in [2.05, 4.69) is 20.3 Å². The average Bonchev–Trinajstić information content (AvgIpc) is 3.17. The Hall–Kier alpha value is -3.62. The number of hydrogen-bond donors (Lipinski definition) is 1. The first kappa shape index (κ1) is 19.2. The van der Waals surface area contributed by atoms with E-state index in [0.29, 0.717) is 12.0 Å². The van der Waals surface area contributed by atoms with Gasteiger partial charge in [-0.25, -0.2) is 13.6 Å². The molecular formula is C19H15F2N3O4. The summed E-state index contributed by atoms with van der Waals surface area (Å²) in [6, 6.07) is 10.5. The van der Waals surface area contributed by atoms with Gasteiger partial charge in [-0.2, -0.15) is 0 Å². The van der Waals surface area contributed by atoms with Crippen molar-refractivity contribution in [2.75, 3.05) is 12.4 Å². The average molecular weight is 387 g/mol. The Balaban J connectivity index is 1.64. The molecule has 1 aromatic heterocycles. The van der Waals surface area contributed by atoms with E-state index in [-0.39, 0.29) is 24.4 Å². The van der Waals surface area contributed by atoms with Crippen LogP contribution in [-0.2, 0) is 16.0 Å². The Morgan fingerprint density at radius 1 is 1.11 bits per heavy atom. The van der Waals surface area contributed by atoms with Gasteiger partial charge in [0.15, 0.2) is 0 Å². The minimum Gasteiger partial charge on any atom is -0.465 e. The van der Waals surface area contributed by atoms with Crippen molar-refractivity contribution in [2.24, 2.45) is 0 Å². The summed E-state index contributed by atoms with van der Waals surface area (Å²) in [5.74, 6) is -3.08. The van der Waals surface area contributed by atoms with Crippen LogP contribution in [0.3, 0.4) is 0 Å². The second-order valence-corrected chi connectivity index (χ2v) is 5.72. The lowest BCUT2D eigenvalue weighted by molar-refractivity contribution is -0.116. The molecule has 0 aliphatic rings. The van der Waals surface area contributed by atoms with Crippen LogP contribution in [0.4, 0.5) is 14.5 Å². The Labute approximate surface area is 158 Å². The SMILES string of the molecule is COC(=O)c1cc(NC(=O)CCc2nnc(-c3ccccc3)o2)c(F)cc1F. The summed E-state index contributed by atoms with van der Waals surface area (Å²) in [5.41, 5.74) is -0.0691. The van der Waals surface area contributed by atoms with Crippen LogP contribution in [0.1, 0.15) is 22.7 Å². The fourth-order valence-corrected chi connectivity index (χ4v) is 2.40. The number of hydrogen-bond acceptors (Lipinski definition) is 6. The van der Waals surface area contributed by atoms with Gasteiger partial charge in [-0.3, -0.25) is 4.79 Å². The monoisotopic (exact) mass is 387 g/mol. The van der Waals surface area contributed by atoms with Gasteiger partial charge >= 0.3 is 5.97 Å². The number of amides is 1. The van der Waals surface area contributed by atoms with E-state index in [1.807, 2.05) is 18.2 Å². The number of aromatic nitrogens is 2. The molecule has 0 bridgehead atoms. The molecule has 0 spiro atoms. The van der Waals surface area contributed by atoms with Crippen molar-refractivity contribution in [3.8, 4) is 11.5 Å². The molecule has 7 nitrogen and oxygen atoms in total. The Morgan fingerprint density at radius 3 is 2.57 bits per heavy atom. The molecule has 9 heteroatoms. The molecule has 1 heterocycles. The van der Waals surface area contributed by atoms with Crippen molar-refractivity contribution in [3.63, 3.8) is 0 Å². The van der Waals surface area contributed by atoms with Crippen LogP contribution in [0.5, 0.6) is 0 Å². The number of nitrogens with one attached hydrogen (secondary N) is 1. The number of nitrogens with zero attached hydrogens (tertiary/aromatic N) is 2. The van der Waals surface area contributed by atoms with E-state index in [1.54, 1.807) is 12.1 Å². The lowest BCUT2D eigenvalue weighted by atomic mass is 10.1. The molecule has 0 atom stereocenters. The van der Waals surface area contributed by atoms with Crippen molar-refractivity contribution in [1.82, 2.24) is 10.2 Å². The van der Waals surface area contributed by atoms with Gasteiger partial charge in [0.05, 0.1) is 18.4 Å². The summed E-state index contributed by atoms with van der Waals surface area (Å²) < 4.78 is 37.4. The van der Waals surface area contributed by atoms with E-state index in [1.165, 1.54) is 0 Å². The number of aryl methyl sites for hydroxylation is 1. The molecule has 3 rings (SSSR count). The first-order valence-corrected chi connectivity index (χ1v) is 8.23. The summed E-state index contributed by atoms with van der Waals surface area (Å²) in [5, 5.41) is 10.1. The number of rotatable bonds is 6. The molecule has 1 N–H and O–H groups in total. The third kappa shape index (κ3) is 4.37. The topological polar surface area (TPSA) is 94.3 Å². The van der Waals surface area contributed by atoms with Crippen molar-refractivity contribution in [3.05, 3.63) is 65.6 Å². The quantitative estimate of drug-likeness (QED) is 0.652. The molecule has 0 saturated carbocycles. The lowest BCUT2D eigenvalue weighted by Crippen LogP contribution is -2.15. The molecule has 0 saturated heterocycles. The van der Waals surface area contributed by atoms with Gasteiger partial charge < -0.3 is 14.5 Å². The fraction of sp³-hybridized carbons (Fsp3) is 0.158. The predicted molar refractivity (Wildman–Crippen MR) is 94.4 cm³/mol. The molecular weight excluding hydrogens is 372 g/mol. The number of carbonyl (C=O) groups is 2. The highest BCUT2D eigenvalue weighted by atomic mass is 19.1. The first-order chi connectivity index (χ1) is 13.5. The smallest absolute Gasteiger partial charge is 0.340 e. The summed E-state index contributed by atoms with van der Waals surface area (Å²) in [6.45, 7) is 0. The van der Waals surface area contributed by atoms with Gasteiger partial charge in [0.2, 0.25) is 17.7 Å². The van der Waals surface area contributed by atoms with Crippen LogP contribution in [0.2, 0.25) is 0 Å². The molecule has 0 aliphatic heterocycles. The number of ether oxygens (including phenoxy) is 1. The highest BCUT2D eigenvalue weighted by Crippen LogP contribution is 2.21. The van der Waals surface area contributed by atoms with Crippen LogP contribution in [0.15, 0.2) is 46.9 Å². The maximum absolute atomic E-state index is 13.9. The summed E-state index contributed by atoms with van der Waals surface area (Å²) >= 11 is 0. The third-order valence-corrected chi connectivity index (χ3v) is 3.79. The minimum atomic E-state index is -1.08. The molecule has 0 aliphatic carbocycles. The molecule has 0 radical (unpaired) electrons. The molecule has 3 aromatic rings. The van der Waals surface area contributed by atoms with Crippen LogP contribution in [0.25, 0.3) is 11.5 Å². The maximum atomic E-state index is 13.9. The van der Waals surface area contributed by atoms with E-state index >= 15 is 0 Å². The van der Waals surface area contributed by atoms with Crippen LogP contribution in [-0.4, -0.2) is 29.2 Å². The zero-order valence-corrected chi connectivity index (χ0v) is 14.7. The summed E-state index contributed by atoms with van der Waals surface area (Å²) in [7, 11) is 1.07. The molecule has 144 valence electrons. The normalized spacial score (nSPS) is 10.5. The molecule has 1 amide bonds. The number of esters is 1. The van der Waals surface area contributed by atoms with Gasteiger partial charge in [-0.1, -0.05) is 18.2 Å². The Morgan fingerprint density at radius 2 is 1.86 bits per heavy atom. The van der Waals surface area contributed by atoms with Crippen LogP contribution < -0.4 is 5.32 Å². The Kier molecular flexibility index (Phi) is 5.73.